The predicted octanol–water partition coefficient (Wildman–Crippen LogP) is 1.21. The van der Waals surface area contributed by atoms with Crippen LogP contribution in [0.5, 0.6) is 0 Å². The van der Waals surface area contributed by atoms with Gasteiger partial charge >= 0.3 is 0 Å². The Morgan fingerprint density at radius 1 is 1.64 bits per heavy atom. The Labute approximate surface area is 93.2 Å². The number of fused-ring (bicyclic) bond motifs is 1. The summed E-state index contributed by atoms with van der Waals surface area (Å²) in [5.74, 6) is 0.421. The molecule has 2 aliphatic heterocycles. The van der Waals surface area contributed by atoms with Crippen LogP contribution in [0.4, 0.5) is 0 Å². The third-order valence-corrected chi connectivity index (χ3v) is 5.23. The van der Waals surface area contributed by atoms with Crippen molar-refractivity contribution in [3.05, 3.63) is 0 Å². The zero-order valence-corrected chi connectivity index (χ0v) is 10.1. The molecule has 2 fully saturated rings. The first-order chi connectivity index (χ1) is 6.74. The molecule has 2 rings (SSSR count). The smallest absolute Gasteiger partial charge is 0.227 e. The molecule has 2 aliphatic rings. The molecule has 0 aromatic heterocycles. The van der Waals surface area contributed by atoms with Crippen molar-refractivity contribution in [2.24, 2.45) is 5.92 Å². The number of hydrogen-bond donors (Lipinski definition) is 2. The molecule has 3 nitrogen and oxygen atoms in total. The molecule has 5 heteroatoms. The van der Waals surface area contributed by atoms with Crippen LogP contribution < -0.4 is 10.6 Å². The Morgan fingerprint density at radius 3 is 3.07 bits per heavy atom. The first kappa shape index (κ1) is 10.6. The highest BCUT2D eigenvalue weighted by Gasteiger charge is 2.43. The van der Waals surface area contributed by atoms with Gasteiger partial charge in [-0.25, -0.2) is 0 Å². The van der Waals surface area contributed by atoms with E-state index >= 15 is 0 Å². The summed E-state index contributed by atoms with van der Waals surface area (Å²) in [4.78, 5) is 11.7. The highest BCUT2D eigenvalue weighted by molar-refractivity contribution is 8.01. The van der Waals surface area contributed by atoms with Gasteiger partial charge in [-0.3, -0.25) is 10.1 Å². The highest BCUT2D eigenvalue weighted by atomic mass is 32.2. The van der Waals surface area contributed by atoms with E-state index in [1.54, 1.807) is 11.8 Å². The van der Waals surface area contributed by atoms with Crippen molar-refractivity contribution >= 4 is 29.4 Å². The lowest BCUT2D eigenvalue weighted by Gasteiger charge is -2.31. The summed E-state index contributed by atoms with van der Waals surface area (Å²) in [6, 6.07) is 0. The summed E-state index contributed by atoms with van der Waals surface area (Å²) in [6.45, 7) is 2.19. The number of carbonyl (C=O) groups excluding carboxylic acids is 1. The molecule has 0 aromatic carbocycles. The highest BCUT2D eigenvalue weighted by Crippen LogP contribution is 2.40. The van der Waals surface area contributed by atoms with Crippen LogP contribution in [0.2, 0.25) is 0 Å². The molecule has 2 saturated heterocycles. The standard InChI is InChI=1S/C9H16N2OS2/c1-3-5-4-6-7(12)10-9(13-2)11-8(6)14-5/h5-6,8-9,11H,3-4H2,1-2H3,(H,10,12). The topological polar surface area (TPSA) is 41.1 Å². The molecule has 0 radical (unpaired) electrons. The van der Waals surface area contributed by atoms with Crippen LogP contribution >= 0.6 is 23.5 Å². The van der Waals surface area contributed by atoms with Gasteiger partial charge in [0.05, 0.1) is 11.3 Å². The molecule has 4 atom stereocenters. The summed E-state index contributed by atoms with van der Waals surface area (Å²) in [5.41, 5.74) is 0.104. The van der Waals surface area contributed by atoms with Crippen LogP contribution in [0.1, 0.15) is 19.8 Å². The Hall–Kier alpha value is 0.130. The number of carbonyl (C=O) groups is 1. The van der Waals surface area contributed by atoms with Gasteiger partial charge in [0, 0.05) is 5.25 Å². The van der Waals surface area contributed by atoms with Gasteiger partial charge in [-0.05, 0) is 19.1 Å². The molecule has 0 spiro atoms. The number of hydrogen-bond acceptors (Lipinski definition) is 4. The van der Waals surface area contributed by atoms with Crippen molar-refractivity contribution in [3.63, 3.8) is 0 Å². The van der Waals surface area contributed by atoms with E-state index in [0.717, 1.165) is 12.8 Å². The van der Waals surface area contributed by atoms with E-state index in [-0.39, 0.29) is 17.3 Å². The van der Waals surface area contributed by atoms with E-state index < -0.39 is 0 Å². The SMILES string of the molecule is CCC1CC2C(=O)NC(SC)NC2S1. The second kappa shape index (κ2) is 4.33. The zero-order valence-electron chi connectivity index (χ0n) is 8.45. The van der Waals surface area contributed by atoms with Crippen LogP contribution in [0.25, 0.3) is 0 Å². The van der Waals surface area contributed by atoms with Gasteiger partial charge in [-0.15, -0.1) is 23.5 Å². The molecule has 80 valence electrons. The van der Waals surface area contributed by atoms with Crippen LogP contribution in [0, 0.1) is 5.92 Å². The van der Waals surface area contributed by atoms with Gasteiger partial charge < -0.3 is 5.32 Å². The van der Waals surface area contributed by atoms with Crippen LogP contribution in [0.15, 0.2) is 0 Å². The second-order valence-corrected chi connectivity index (χ2v) is 6.11. The van der Waals surface area contributed by atoms with E-state index in [9.17, 15) is 4.79 Å². The Balaban J connectivity index is 2.03. The minimum Gasteiger partial charge on any atom is -0.331 e. The van der Waals surface area contributed by atoms with Crippen LogP contribution in [-0.4, -0.2) is 28.3 Å². The summed E-state index contributed by atoms with van der Waals surface area (Å²) in [5, 5.41) is 7.43. The van der Waals surface area contributed by atoms with Crippen LogP contribution in [-0.2, 0) is 4.79 Å². The fourth-order valence-corrected chi connectivity index (χ4v) is 4.15. The molecule has 0 aliphatic carbocycles. The van der Waals surface area contributed by atoms with Gasteiger partial charge in [-0.2, -0.15) is 0 Å². The normalized spacial score (nSPS) is 42.0. The number of nitrogens with one attached hydrogen (secondary N) is 2. The third kappa shape index (κ3) is 1.90. The lowest BCUT2D eigenvalue weighted by atomic mass is 10.0. The number of amides is 1. The maximum Gasteiger partial charge on any atom is 0.227 e. The van der Waals surface area contributed by atoms with Crippen molar-refractivity contribution < 1.29 is 4.79 Å². The molecule has 1 amide bonds. The van der Waals surface area contributed by atoms with Crippen molar-refractivity contribution in [2.75, 3.05) is 6.26 Å². The van der Waals surface area contributed by atoms with Crippen molar-refractivity contribution in [1.29, 1.82) is 0 Å². The Morgan fingerprint density at radius 2 is 2.43 bits per heavy atom. The van der Waals surface area contributed by atoms with Gasteiger partial charge in [0.1, 0.15) is 5.50 Å². The van der Waals surface area contributed by atoms with E-state index in [0.29, 0.717) is 10.6 Å². The lowest BCUT2D eigenvalue weighted by molar-refractivity contribution is -0.127. The monoisotopic (exact) mass is 232 g/mol. The number of rotatable bonds is 2. The van der Waals surface area contributed by atoms with Gasteiger partial charge in [0.25, 0.3) is 0 Å². The minimum atomic E-state index is 0.104. The fourth-order valence-electron chi connectivity index (χ4n) is 1.98. The first-order valence-corrected chi connectivity index (χ1v) is 7.22. The molecule has 2 N–H and O–H groups in total. The molecular formula is C9H16N2OS2. The minimum absolute atomic E-state index is 0.104. The molecule has 4 unspecified atom stereocenters. The summed E-state index contributed by atoms with van der Waals surface area (Å²) >= 11 is 3.58. The van der Waals surface area contributed by atoms with Crippen molar-refractivity contribution in [1.82, 2.24) is 10.6 Å². The molecule has 0 saturated carbocycles. The Bertz CT molecular complexity index is 237. The summed E-state index contributed by atoms with van der Waals surface area (Å²) in [6.07, 6.45) is 4.21. The second-order valence-electron chi connectivity index (χ2n) is 3.72. The Kier molecular flexibility index (Phi) is 3.29. The van der Waals surface area contributed by atoms with E-state index in [1.807, 2.05) is 18.0 Å². The van der Waals surface area contributed by atoms with Crippen molar-refractivity contribution in [2.45, 2.75) is 35.9 Å². The molecule has 14 heavy (non-hydrogen) atoms. The zero-order chi connectivity index (χ0) is 10.1. The number of thioether (sulfide) groups is 2. The average molecular weight is 232 g/mol. The van der Waals surface area contributed by atoms with Gasteiger partial charge in [0.15, 0.2) is 0 Å². The van der Waals surface area contributed by atoms with Gasteiger partial charge in [-0.1, -0.05) is 6.92 Å². The van der Waals surface area contributed by atoms with E-state index in [2.05, 4.69) is 17.6 Å². The molecule has 0 bridgehead atoms. The van der Waals surface area contributed by atoms with Crippen molar-refractivity contribution in [3.8, 4) is 0 Å². The van der Waals surface area contributed by atoms with Gasteiger partial charge in [0.2, 0.25) is 5.91 Å². The van der Waals surface area contributed by atoms with E-state index in [4.69, 9.17) is 0 Å². The maximum atomic E-state index is 11.7. The maximum absolute atomic E-state index is 11.7. The van der Waals surface area contributed by atoms with E-state index in [1.165, 1.54) is 0 Å². The average Bonchev–Trinajstić information content (AvgIpc) is 2.61. The summed E-state index contributed by atoms with van der Waals surface area (Å²) < 4.78 is 0. The van der Waals surface area contributed by atoms with Crippen LogP contribution in [0.3, 0.4) is 0 Å². The third-order valence-electron chi connectivity index (χ3n) is 2.84. The summed E-state index contributed by atoms with van der Waals surface area (Å²) in [7, 11) is 0. The quantitative estimate of drug-likeness (QED) is 0.751. The molecule has 0 aromatic rings. The predicted molar refractivity (Wildman–Crippen MR) is 62.1 cm³/mol. The largest absolute Gasteiger partial charge is 0.331 e. The first-order valence-electron chi connectivity index (χ1n) is 4.99. The molecule has 2 heterocycles. The fraction of sp³-hybridized carbons (Fsp3) is 0.889. The lowest BCUT2D eigenvalue weighted by Crippen LogP contribution is -2.57. The molecular weight excluding hydrogens is 216 g/mol.